The molecule has 0 amide bonds. The van der Waals surface area contributed by atoms with E-state index >= 15 is 0 Å². The van der Waals surface area contributed by atoms with Gasteiger partial charge in [0, 0.05) is 25.7 Å². The SMILES string of the molecule is CCC(=O)CCC1CCC2CC(=O)CC12. The first-order valence-electron chi connectivity index (χ1n) is 6.24. The summed E-state index contributed by atoms with van der Waals surface area (Å²) in [7, 11) is 0. The zero-order valence-corrected chi connectivity index (χ0v) is 9.50. The molecule has 2 fully saturated rings. The molecule has 3 atom stereocenters. The number of hydrogen-bond donors (Lipinski definition) is 0. The maximum absolute atomic E-state index is 11.3. The lowest BCUT2D eigenvalue weighted by molar-refractivity contribution is -0.119. The van der Waals surface area contributed by atoms with Gasteiger partial charge in [-0.05, 0) is 37.0 Å². The first kappa shape index (κ1) is 10.8. The van der Waals surface area contributed by atoms with Crippen LogP contribution in [0.25, 0.3) is 0 Å². The van der Waals surface area contributed by atoms with Crippen molar-refractivity contribution in [3.8, 4) is 0 Å². The quantitative estimate of drug-likeness (QED) is 0.712. The molecule has 2 aliphatic rings. The summed E-state index contributed by atoms with van der Waals surface area (Å²) in [5.74, 6) is 2.79. The highest BCUT2D eigenvalue weighted by molar-refractivity contribution is 5.81. The van der Waals surface area contributed by atoms with Crippen molar-refractivity contribution in [2.24, 2.45) is 17.8 Å². The smallest absolute Gasteiger partial charge is 0.133 e. The normalized spacial score (nSPS) is 34.5. The molecule has 0 aromatic rings. The summed E-state index contributed by atoms with van der Waals surface area (Å²) in [5, 5.41) is 0. The highest BCUT2D eigenvalue weighted by Gasteiger charge is 2.42. The number of fused-ring (bicyclic) bond motifs is 1. The van der Waals surface area contributed by atoms with E-state index in [4.69, 9.17) is 0 Å². The van der Waals surface area contributed by atoms with Gasteiger partial charge in [-0.2, -0.15) is 0 Å². The van der Waals surface area contributed by atoms with Crippen LogP contribution in [-0.2, 0) is 9.59 Å². The van der Waals surface area contributed by atoms with E-state index < -0.39 is 0 Å². The van der Waals surface area contributed by atoms with Gasteiger partial charge in [-0.25, -0.2) is 0 Å². The van der Waals surface area contributed by atoms with Crippen molar-refractivity contribution in [3.63, 3.8) is 0 Å². The molecule has 84 valence electrons. The Morgan fingerprint density at radius 2 is 2.13 bits per heavy atom. The Kier molecular flexibility index (Phi) is 3.22. The number of carbonyl (C=O) groups is 2. The fourth-order valence-corrected chi connectivity index (χ4v) is 3.35. The lowest BCUT2D eigenvalue weighted by atomic mass is 9.88. The molecule has 2 nitrogen and oxygen atoms in total. The van der Waals surface area contributed by atoms with Gasteiger partial charge in [0.15, 0.2) is 0 Å². The van der Waals surface area contributed by atoms with Crippen LogP contribution in [0, 0.1) is 17.8 Å². The highest BCUT2D eigenvalue weighted by atomic mass is 16.1. The molecule has 0 aliphatic heterocycles. The van der Waals surface area contributed by atoms with Crippen LogP contribution in [0.2, 0.25) is 0 Å². The molecule has 0 aromatic carbocycles. The maximum Gasteiger partial charge on any atom is 0.133 e. The predicted octanol–water partition coefficient (Wildman–Crippen LogP) is 2.75. The van der Waals surface area contributed by atoms with Gasteiger partial charge in [0.2, 0.25) is 0 Å². The minimum absolute atomic E-state index is 0.378. The van der Waals surface area contributed by atoms with Crippen LogP contribution >= 0.6 is 0 Å². The predicted molar refractivity (Wildman–Crippen MR) is 58.5 cm³/mol. The number of rotatable bonds is 4. The van der Waals surface area contributed by atoms with Gasteiger partial charge in [-0.1, -0.05) is 6.92 Å². The second-order valence-electron chi connectivity index (χ2n) is 5.14. The molecule has 0 N–H and O–H groups in total. The number of carbonyl (C=O) groups excluding carboxylic acids is 2. The van der Waals surface area contributed by atoms with Gasteiger partial charge in [0.05, 0.1) is 0 Å². The Balaban J connectivity index is 1.84. The van der Waals surface area contributed by atoms with E-state index in [1.165, 1.54) is 12.8 Å². The maximum atomic E-state index is 11.3. The standard InChI is InChI=1S/C13H20O2/c1-2-11(14)6-5-9-3-4-10-7-12(15)8-13(9)10/h9-10,13H,2-8H2,1H3. The molecule has 0 radical (unpaired) electrons. The summed E-state index contributed by atoms with van der Waals surface area (Å²) in [5.41, 5.74) is 0. The topological polar surface area (TPSA) is 34.1 Å². The third kappa shape index (κ3) is 2.30. The second-order valence-corrected chi connectivity index (χ2v) is 5.14. The van der Waals surface area contributed by atoms with Gasteiger partial charge < -0.3 is 0 Å². The van der Waals surface area contributed by atoms with Crippen molar-refractivity contribution < 1.29 is 9.59 Å². The first-order valence-corrected chi connectivity index (χ1v) is 6.24. The lowest BCUT2D eigenvalue weighted by Gasteiger charge is -2.16. The minimum atomic E-state index is 0.378. The van der Waals surface area contributed by atoms with E-state index in [9.17, 15) is 9.59 Å². The molecule has 15 heavy (non-hydrogen) atoms. The van der Waals surface area contributed by atoms with Crippen LogP contribution in [0.1, 0.15) is 51.9 Å². The van der Waals surface area contributed by atoms with Gasteiger partial charge in [0.1, 0.15) is 11.6 Å². The zero-order valence-electron chi connectivity index (χ0n) is 9.50. The molecule has 3 unspecified atom stereocenters. The lowest BCUT2D eigenvalue weighted by Crippen LogP contribution is -2.11. The molecule has 0 aromatic heterocycles. The summed E-state index contributed by atoms with van der Waals surface area (Å²) in [6.45, 7) is 1.93. The number of hydrogen-bond acceptors (Lipinski definition) is 2. The highest BCUT2D eigenvalue weighted by Crippen LogP contribution is 2.47. The van der Waals surface area contributed by atoms with Crippen molar-refractivity contribution in [1.82, 2.24) is 0 Å². The van der Waals surface area contributed by atoms with Gasteiger partial charge in [-0.15, -0.1) is 0 Å². The fraction of sp³-hybridized carbons (Fsp3) is 0.846. The Labute approximate surface area is 91.4 Å². The van der Waals surface area contributed by atoms with Crippen molar-refractivity contribution in [2.45, 2.75) is 51.9 Å². The second kappa shape index (κ2) is 4.46. The first-order chi connectivity index (χ1) is 7.20. The monoisotopic (exact) mass is 208 g/mol. The zero-order chi connectivity index (χ0) is 10.8. The summed E-state index contributed by atoms with van der Waals surface area (Å²) in [6.07, 6.45) is 6.53. The molecule has 2 aliphatic carbocycles. The van der Waals surface area contributed by atoms with E-state index in [1.54, 1.807) is 0 Å². The minimum Gasteiger partial charge on any atom is -0.300 e. The average molecular weight is 208 g/mol. The van der Waals surface area contributed by atoms with Crippen LogP contribution in [0.15, 0.2) is 0 Å². The molecule has 0 saturated heterocycles. The molecule has 0 heterocycles. The van der Waals surface area contributed by atoms with E-state index in [0.717, 1.165) is 25.7 Å². The summed E-state index contributed by atoms with van der Waals surface area (Å²) < 4.78 is 0. The summed E-state index contributed by atoms with van der Waals surface area (Å²) >= 11 is 0. The molecular formula is C13H20O2. The van der Waals surface area contributed by atoms with Gasteiger partial charge in [-0.3, -0.25) is 9.59 Å². The van der Waals surface area contributed by atoms with Crippen molar-refractivity contribution in [3.05, 3.63) is 0 Å². The van der Waals surface area contributed by atoms with Crippen LogP contribution in [0.3, 0.4) is 0 Å². The van der Waals surface area contributed by atoms with E-state index in [-0.39, 0.29) is 0 Å². The molecule has 2 saturated carbocycles. The third-order valence-electron chi connectivity index (χ3n) is 4.26. The van der Waals surface area contributed by atoms with E-state index in [2.05, 4.69) is 0 Å². The summed E-state index contributed by atoms with van der Waals surface area (Å²) in [6, 6.07) is 0. The van der Waals surface area contributed by atoms with Crippen molar-refractivity contribution in [2.75, 3.05) is 0 Å². The molecular weight excluding hydrogens is 188 g/mol. The molecule has 2 rings (SSSR count). The van der Waals surface area contributed by atoms with Crippen LogP contribution in [-0.4, -0.2) is 11.6 Å². The molecule has 0 spiro atoms. The Hall–Kier alpha value is -0.660. The number of ketones is 2. The van der Waals surface area contributed by atoms with Crippen LogP contribution in [0.5, 0.6) is 0 Å². The van der Waals surface area contributed by atoms with Gasteiger partial charge in [0.25, 0.3) is 0 Å². The average Bonchev–Trinajstić information content (AvgIpc) is 2.73. The van der Waals surface area contributed by atoms with E-state index in [0.29, 0.717) is 35.7 Å². The fourth-order valence-electron chi connectivity index (χ4n) is 3.35. The Morgan fingerprint density at radius 1 is 1.33 bits per heavy atom. The summed E-state index contributed by atoms with van der Waals surface area (Å²) in [4.78, 5) is 22.6. The van der Waals surface area contributed by atoms with Crippen LogP contribution < -0.4 is 0 Å². The van der Waals surface area contributed by atoms with Crippen LogP contribution in [0.4, 0.5) is 0 Å². The van der Waals surface area contributed by atoms with E-state index in [1.807, 2.05) is 6.92 Å². The molecule has 2 heteroatoms. The van der Waals surface area contributed by atoms with Crippen molar-refractivity contribution in [1.29, 1.82) is 0 Å². The largest absolute Gasteiger partial charge is 0.300 e. The Bertz CT molecular complexity index is 270. The van der Waals surface area contributed by atoms with Gasteiger partial charge >= 0.3 is 0 Å². The third-order valence-corrected chi connectivity index (χ3v) is 4.26. The Morgan fingerprint density at radius 3 is 2.87 bits per heavy atom. The van der Waals surface area contributed by atoms with Crippen molar-refractivity contribution >= 4 is 11.6 Å². The number of Topliss-reactive ketones (excluding diaryl/α,β-unsaturated/α-hetero) is 2. The molecule has 0 bridgehead atoms.